The molecule has 1 aliphatic rings. The third kappa shape index (κ3) is 2.41. The van der Waals surface area contributed by atoms with Gasteiger partial charge in [-0.3, -0.25) is 0 Å². The number of anilines is 1. The number of unbranched alkanes of at least 4 members (excludes halogenated alkanes) is 1. The van der Waals surface area contributed by atoms with E-state index in [4.69, 9.17) is 0 Å². The number of H-pyrrole nitrogens is 1. The quantitative estimate of drug-likeness (QED) is 0.889. The molecule has 1 aromatic carbocycles. The van der Waals surface area contributed by atoms with Crippen LogP contribution in [0.25, 0.3) is 11.3 Å². The van der Waals surface area contributed by atoms with Crippen LogP contribution < -0.4 is 4.90 Å². The first-order chi connectivity index (χ1) is 9.78. The lowest BCUT2D eigenvalue weighted by Gasteiger charge is -2.24. The molecule has 0 aliphatic carbocycles. The Hall–Kier alpha value is -2.23. The second kappa shape index (κ2) is 5.41. The summed E-state index contributed by atoms with van der Waals surface area (Å²) >= 11 is 0. The van der Waals surface area contributed by atoms with Crippen molar-refractivity contribution in [2.24, 2.45) is 4.99 Å². The third-order valence-electron chi connectivity index (χ3n) is 3.60. The highest BCUT2D eigenvalue weighted by molar-refractivity contribution is 5.84. The van der Waals surface area contributed by atoms with Crippen molar-refractivity contribution in [2.75, 3.05) is 18.0 Å². The largest absolute Gasteiger partial charge is 0.508 e. The summed E-state index contributed by atoms with van der Waals surface area (Å²) < 4.78 is 0. The number of hydrogen-bond donors (Lipinski definition) is 2. The zero-order valence-corrected chi connectivity index (χ0v) is 11.6. The summed E-state index contributed by atoms with van der Waals surface area (Å²) in [7, 11) is 0. The Morgan fingerprint density at radius 3 is 2.85 bits per heavy atom. The SMILES string of the molecule is CCCCN1CC=Nc2[nH]c(-c3ccc(O)cc3)cc21. The van der Waals surface area contributed by atoms with E-state index in [9.17, 15) is 5.11 Å². The lowest BCUT2D eigenvalue weighted by atomic mass is 10.1. The predicted octanol–water partition coefficient (Wildman–Crippen LogP) is 3.71. The second-order valence-electron chi connectivity index (χ2n) is 5.07. The van der Waals surface area contributed by atoms with E-state index < -0.39 is 0 Å². The van der Waals surface area contributed by atoms with Gasteiger partial charge in [0.1, 0.15) is 5.75 Å². The number of nitrogens with zero attached hydrogens (tertiary/aromatic N) is 2. The van der Waals surface area contributed by atoms with Gasteiger partial charge in [-0.2, -0.15) is 0 Å². The van der Waals surface area contributed by atoms with Crippen LogP contribution in [0.5, 0.6) is 5.75 Å². The fourth-order valence-electron chi connectivity index (χ4n) is 2.46. The summed E-state index contributed by atoms with van der Waals surface area (Å²) in [6, 6.07) is 9.37. The van der Waals surface area contributed by atoms with Gasteiger partial charge in [0.15, 0.2) is 5.82 Å². The van der Waals surface area contributed by atoms with Crippen LogP contribution in [0, 0.1) is 0 Å². The van der Waals surface area contributed by atoms with Crippen molar-refractivity contribution in [3.63, 3.8) is 0 Å². The molecule has 0 atom stereocenters. The first-order valence-corrected chi connectivity index (χ1v) is 7.08. The molecule has 4 heteroatoms. The van der Waals surface area contributed by atoms with Gasteiger partial charge < -0.3 is 15.0 Å². The number of hydrogen-bond acceptors (Lipinski definition) is 3. The fourth-order valence-corrected chi connectivity index (χ4v) is 2.46. The highest BCUT2D eigenvalue weighted by Crippen LogP contribution is 2.35. The Labute approximate surface area is 118 Å². The number of phenolic OH excluding ortho intramolecular Hbond substituents is 1. The lowest BCUT2D eigenvalue weighted by molar-refractivity contribution is 0.475. The van der Waals surface area contributed by atoms with Crippen molar-refractivity contribution < 1.29 is 5.11 Å². The number of fused-ring (bicyclic) bond motifs is 1. The maximum absolute atomic E-state index is 9.36. The first kappa shape index (κ1) is 12.8. The van der Waals surface area contributed by atoms with Crippen molar-refractivity contribution in [2.45, 2.75) is 19.8 Å². The van der Waals surface area contributed by atoms with E-state index in [1.165, 1.54) is 18.5 Å². The molecule has 2 N–H and O–H groups in total. The van der Waals surface area contributed by atoms with Crippen molar-refractivity contribution in [1.29, 1.82) is 0 Å². The highest BCUT2D eigenvalue weighted by atomic mass is 16.3. The summed E-state index contributed by atoms with van der Waals surface area (Å²) in [5.41, 5.74) is 3.27. The van der Waals surface area contributed by atoms with E-state index in [1.54, 1.807) is 12.1 Å². The van der Waals surface area contributed by atoms with Gasteiger partial charge >= 0.3 is 0 Å². The van der Waals surface area contributed by atoms with Crippen molar-refractivity contribution in [3.8, 4) is 17.0 Å². The monoisotopic (exact) mass is 269 g/mol. The van der Waals surface area contributed by atoms with Gasteiger partial charge in [-0.15, -0.1) is 0 Å². The molecule has 0 saturated carbocycles. The second-order valence-corrected chi connectivity index (χ2v) is 5.07. The van der Waals surface area contributed by atoms with Gasteiger partial charge in [0.25, 0.3) is 0 Å². The van der Waals surface area contributed by atoms with E-state index in [0.29, 0.717) is 0 Å². The standard InChI is InChI=1S/C16H19N3O/c1-2-3-9-19-10-8-17-16-15(19)11-14(18-16)12-4-6-13(20)7-5-12/h4-8,11,18,20H,2-3,9-10H2,1H3. The number of benzene rings is 1. The van der Waals surface area contributed by atoms with Gasteiger partial charge in [-0.1, -0.05) is 13.3 Å². The zero-order valence-electron chi connectivity index (χ0n) is 11.6. The van der Waals surface area contributed by atoms with Crippen LogP contribution in [-0.4, -0.2) is 29.4 Å². The molecule has 1 aromatic heterocycles. The number of nitrogens with one attached hydrogen (secondary N) is 1. The van der Waals surface area contributed by atoms with E-state index >= 15 is 0 Å². The Morgan fingerprint density at radius 2 is 2.10 bits per heavy atom. The van der Waals surface area contributed by atoms with Crippen LogP contribution in [0.1, 0.15) is 19.8 Å². The van der Waals surface area contributed by atoms with Crippen LogP contribution in [0.4, 0.5) is 11.5 Å². The number of phenols is 1. The molecule has 2 heterocycles. The summed E-state index contributed by atoms with van der Waals surface area (Å²) in [4.78, 5) is 10.2. The highest BCUT2D eigenvalue weighted by Gasteiger charge is 2.17. The normalized spacial score (nSPS) is 13.6. The predicted molar refractivity (Wildman–Crippen MR) is 83.2 cm³/mol. The van der Waals surface area contributed by atoms with Gasteiger partial charge in [0, 0.05) is 18.5 Å². The minimum absolute atomic E-state index is 0.285. The molecule has 0 unspecified atom stereocenters. The number of aromatic hydroxyl groups is 1. The molecule has 4 nitrogen and oxygen atoms in total. The Bertz CT molecular complexity index is 613. The minimum atomic E-state index is 0.285. The average molecular weight is 269 g/mol. The molecule has 1 aliphatic heterocycles. The van der Waals surface area contributed by atoms with Crippen LogP contribution >= 0.6 is 0 Å². The van der Waals surface area contributed by atoms with Crippen LogP contribution in [0.3, 0.4) is 0 Å². The van der Waals surface area contributed by atoms with E-state index in [1.807, 2.05) is 18.3 Å². The number of aliphatic imine (C=N–C) groups is 1. The molecule has 104 valence electrons. The Morgan fingerprint density at radius 1 is 1.30 bits per heavy atom. The molecule has 0 radical (unpaired) electrons. The molecule has 2 aromatic rings. The molecule has 0 bridgehead atoms. The minimum Gasteiger partial charge on any atom is -0.508 e. The maximum Gasteiger partial charge on any atom is 0.153 e. The fraction of sp³-hybridized carbons (Fsp3) is 0.312. The zero-order chi connectivity index (χ0) is 13.9. The third-order valence-corrected chi connectivity index (χ3v) is 3.60. The molecular weight excluding hydrogens is 250 g/mol. The van der Waals surface area contributed by atoms with Crippen LogP contribution in [-0.2, 0) is 0 Å². The van der Waals surface area contributed by atoms with Crippen molar-refractivity contribution in [1.82, 2.24) is 4.98 Å². The topological polar surface area (TPSA) is 51.6 Å². The molecule has 0 saturated heterocycles. The van der Waals surface area contributed by atoms with Crippen molar-refractivity contribution in [3.05, 3.63) is 30.3 Å². The van der Waals surface area contributed by atoms with Gasteiger partial charge in [-0.05, 0) is 42.3 Å². The smallest absolute Gasteiger partial charge is 0.153 e. The number of aromatic amines is 1. The van der Waals surface area contributed by atoms with Crippen LogP contribution in [0.15, 0.2) is 35.3 Å². The molecular formula is C16H19N3O. The summed E-state index contributed by atoms with van der Waals surface area (Å²) in [6.45, 7) is 4.14. The van der Waals surface area contributed by atoms with Gasteiger partial charge in [0.05, 0.1) is 12.2 Å². The molecule has 0 amide bonds. The van der Waals surface area contributed by atoms with Gasteiger partial charge in [-0.25, -0.2) is 4.99 Å². The molecule has 0 spiro atoms. The van der Waals surface area contributed by atoms with Crippen LogP contribution in [0.2, 0.25) is 0 Å². The number of rotatable bonds is 4. The van der Waals surface area contributed by atoms with Crippen molar-refractivity contribution >= 4 is 17.7 Å². The Kier molecular flexibility index (Phi) is 3.46. The summed E-state index contributed by atoms with van der Waals surface area (Å²) in [6.07, 6.45) is 4.33. The number of aromatic nitrogens is 1. The lowest BCUT2D eigenvalue weighted by Crippen LogP contribution is -2.27. The average Bonchev–Trinajstić information content (AvgIpc) is 2.90. The molecule has 20 heavy (non-hydrogen) atoms. The maximum atomic E-state index is 9.36. The van der Waals surface area contributed by atoms with Gasteiger partial charge in [0.2, 0.25) is 0 Å². The Balaban J connectivity index is 1.91. The van der Waals surface area contributed by atoms with E-state index in [2.05, 4.69) is 27.9 Å². The molecule has 0 fully saturated rings. The summed E-state index contributed by atoms with van der Waals surface area (Å²) in [5, 5.41) is 9.36. The summed E-state index contributed by atoms with van der Waals surface area (Å²) in [5.74, 6) is 1.21. The van der Waals surface area contributed by atoms with E-state index in [-0.39, 0.29) is 5.75 Å². The van der Waals surface area contributed by atoms with E-state index in [0.717, 1.165) is 30.2 Å². The first-order valence-electron chi connectivity index (χ1n) is 7.08. The molecule has 3 rings (SSSR count).